The first-order chi connectivity index (χ1) is 23.9. The predicted octanol–water partition coefficient (Wildman–Crippen LogP) is 5.23. The number of hydrogen-bond donors (Lipinski definition) is 3. The number of aldehydes is 1. The number of nitrogens with one attached hydrogen (secondary N) is 2. The van der Waals surface area contributed by atoms with Gasteiger partial charge in [0.05, 0.1) is 26.3 Å². The van der Waals surface area contributed by atoms with Crippen LogP contribution in [0.5, 0.6) is 0 Å². The fourth-order valence-corrected chi connectivity index (χ4v) is 6.92. The molecule has 14 heteroatoms. The summed E-state index contributed by atoms with van der Waals surface area (Å²) < 4.78 is 37.7. The SMILES string of the molecule is CC.CNCC(=O)N1CC(COC)CC1C.COC(=O)/N=C(/N)C1C=C([C@@H](C)NC=O)SC1.O=Cc1ccc2c(c1)-c1ccccc1C2(F)F. The summed E-state index contributed by atoms with van der Waals surface area (Å²) in [4.78, 5) is 50.1. The van der Waals surface area contributed by atoms with Gasteiger partial charge in [0.2, 0.25) is 12.3 Å². The number of thioether (sulfide) groups is 1. The number of alkyl halides is 2. The fraction of sp³-hybridized carbons (Fsp3) is 0.472. The van der Waals surface area contributed by atoms with Gasteiger partial charge in [-0.25, -0.2) is 4.79 Å². The van der Waals surface area contributed by atoms with Gasteiger partial charge in [0.15, 0.2) is 0 Å². The Morgan fingerprint density at radius 3 is 2.44 bits per heavy atom. The number of halogens is 2. The van der Waals surface area contributed by atoms with Crippen molar-refractivity contribution in [1.29, 1.82) is 0 Å². The molecule has 1 saturated heterocycles. The minimum atomic E-state index is -2.96. The van der Waals surface area contributed by atoms with Crippen LogP contribution in [-0.2, 0) is 25.0 Å². The van der Waals surface area contributed by atoms with E-state index in [1.807, 2.05) is 31.7 Å². The molecule has 0 bridgehead atoms. The van der Waals surface area contributed by atoms with Gasteiger partial charge in [-0.05, 0) is 44.5 Å². The highest BCUT2D eigenvalue weighted by Crippen LogP contribution is 2.50. The van der Waals surface area contributed by atoms with Crippen LogP contribution in [0.3, 0.4) is 0 Å². The number of fused-ring (bicyclic) bond motifs is 3. The molecule has 4 N–H and O–H groups in total. The lowest BCUT2D eigenvalue weighted by atomic mass is 10.0. The Kier molecular flexibility index (Phi) is 17.2. The lowest BCUT2D eigenvalue weighted by Gasteiger charge is -2.21. The monoisotopic (exact) mass is 717 g/mol. The highest BCUT2D eigenvalue weighted by Gasteiger charge is 2.44. The third-order valence-electron chi connectivity index (χ3n) is 8.10. The second-order valence-corrected chi connectivity index (χ2v) is 12.6. The van der Waals surface area contributed by atoms with E-state index in [-0.39, 0.29) is 34.8 Å². The molecule has 0 spiro atoms. The van der Waals surface area contributed by atoms with Gasteiger partial charge in [0.1, 0.15) is 12.1 Å². The van der Waals surface area contributed by atoms with Gasteiger partial charge in [0, 0.05) is 58.9 Å². The molecule has 2 aromatic rings. The Labute approximate surface area is 297 Å². The second-order valence-electron chi connectivity index (χ2n) is 11.5. The van der Waals surface area contributed by atoms with Crippen molar-refractivity contribution in [3.05, 3.63) is 70.1 Å². The van der Waals surface area contributed by atoms with E-state index >= 15 is 0 Å². The minimum Gasteiger partial charge on any atom is -0.451 e. The molecule has 50 heavy (non-hydrogen) atoms. The molecule has 3 aliphatic rings. The molecule has 4 atom stereocenters. The Morgan fingerprint density at radius 2 is 1.82 bits per heavy atom. The van der Waals surface area contributed by atoms with Gasteiger partial charge in [-0.1, -0.05) is 56.3 Å². The molecule has 5 rings (SSSR count). The van der Waals surface area contributed by atoms with E-state index in [9.17, 15) is 28.0 Å². The second kappa shape index (κ2) is 20.5. The van der Waals surface area contributed by atoms with E-state index < -0.39 is 12.0 Å². The van der Waals surface area contributed by atoms with Crippen LogP contribution >= 0.6 is 11.8 Å². The maximum absolute atomic E-state index is 14.1. The summed E-state index contributed by atoms with van der Waals surface area (Å²) in [6.45, 7) is 10.0. The van der Waals surface area contributed by atoms with E-state index in [0.717, 1.165) is 24.5 Å². The van der Waals surface area contributed by atoms with Gasteiger partial charge in [0.25, 0.3) is 5.92 Å². The zero-order valence-electron chi connectivity index (χ0n) is 29.7. The van der Waals surface area contributed by atoms with Crippen LogP contribution in [0.2, 0.25) is 0 Å². The number of amides is 3. The average molecular weight is 718 g/mol. The molecule has 2 aliphatic heterocycles. The highest BCUT2D eigenvalue weighted by molar-refractivity contribution is 8.03. The fourth-order valence-electron chi connectivity index (χ4n) is 5.71. The van der Waals surface area contributed by atoms with Gasteiger partial charge >= 0.3 is 6.09 Å². The molecule has 3 unspecified atom stereocenters. The molecular formula is C36H49F2N5O6S. The molecule has 0 aromatic heterocycles. The molecule has 0 saturated carbocycles. The lowest BCUT2D eigenvalue weighted by molar-refractivity contribution is -0.130. The van der Waals surface area contributed by atoms with Gasteiger partial charge in [-0.2, -0.15) is 13.8 Å². The molecule has 11 nitrogen and oxygen atoms in total. The van der Waals surface area contributed by atoms with Crippen LogP contribution in [0.4, 0.5) is 13.6 Å². The number of nitrogens with zero attached hydrogens (tertiary/aromatic N) is 2. The number of benzene rings is 2. The molecular weight excluding hydrogens is 668 g/mol. The van der Waals surface area contributed by atoms with E-state index in [0.29, 0.717) is 53.6 Å². The zero-order chi connectivity index (χ0) is 37.4. The van der Waals surface area contributed by atoms with E-state index in [4.69, 9.17) is 10.5 Å². The van der Waals surface area contributed by atoms with Crippen molar-refractivity contribution in [2.75, 3.05) is 46.7 Å². The van der Waals surface area contributed by atoms with Gasteiger partial charge in [-0.15, -0.1) is 11.8 Å². The lowest BCUT2D eigenvalue weighted by Crippen LogP contribution is -2.39. The van der Waals surface area contributed by atoms with Gasteiger partial charge in [-0.3, -0.25) is 14.4 Å². The number of hydrogen-bond acceptors (Lipinski definition) is 8. The van der Waals surface area contributed by atoms with Crippen LogP contribution in [-0.4, -0.2) is 94.2 Å². The standard InChI is InChI=1S/C14H8F2O.C10H15N3O3S.C10H20N2O2.C2H6/c15-14(16)12-4-2-1-3-10(12)11-7-9(8-17)5-6-13(11)14;1-6(12-5-14)8-3-7(4-17-8)9(11)13-10(15)16-2;1-8-4-9(7-14-3)6-12(8)10(13)5-11-2;1-2/h1-8H;3,5-7H,4H2,1-2H3,(H,12,14)(H2,11,13,15);8-9,11H,4-7H2,1-3H3;1-2H3/t;6-,7?;;/m.1../s1. The van der Waals surface area contributed by atoms with Crippen LogP contribution in [0, 0.1) is 11.8 Å². The Balaban J connectivity index is 0.000000255. The van der Waals surface area contributed by atoms with Crippen molar-refractivity contribution in [2.24, 2.45) is 22.6 Å². The Morgan fingerprint density at radius 1 is 1.14 bits per heavy atom. The Hall–Kier alpha value is -4.14. The number of likely N-dealkylation sites (N-methyl/N-ethyl adjacent to an activating group) is 1. The Bertz CT molecular complexity index is 1520. The van der Waals surface area contributed by atoms with Crippen molar-refractivity contribution in [3.8, 4) is 11.1 Å². The quantitative estimate of drug-likeness (QED) is 0.180. The van der Waals surface area contributed by atoms with E-state index in [1.165, 1.54) is 31.4 Å². The smallest absolute Gasteiger partial charge is 0.434 e. The van der Waals surface area contributed by atoms with Crippen LogP contribution < -0.4 is 16.4 Å². The molecule has 2 heterocycles. The number of amidine groups is 1. The molecule has 1 aliphatic carbocycles. The molecule has 2 aromatic carbocycles. The predicted molar refractivity (Wildman–Crippen MR) is 193 cm³/mol. The zero-order valence-corrected chi connectivity index (χ0v) is 30.5. The number of aliphatic imine (C=N–C) groups is 1. The summed E-state index contributed by atoms with van der Waals surface area (Å²) in [5, 5.41) is 5.55. The topological polar surface area (TPSA) is 152 Å². The van der Waals surface area contributed by atoms with Crippen molar-refractivity contribution in [2.45, 2.75) is 52.1 Å². The van der Waals surface area contributed by atoms with Crippen LogP contribution in [0.25, 0.3) is 11.1 Å². The van der Waals surface area contributed by atoms with Crippen molar-refractivity contribution in [1.82, 2.24) is 15.5 Å². The first kappa shape index (κ1) is 42.0. The number of nitrogens with two attached hydrogens (primary N) is 1. The number of ether oxygens (including phenoxy) is 2. The van der Waals surface area contributed by atoms with Crippen molar-refractivity contribution >= 4 is 42.3 Å². The number of methoxy groups -OCH3 is 2. The van der Waals surface area contributed by atoms with Crippen LogP contribution in [0.1, 0.15) is 55.6 Å². The maximum atomic E-state index is 14.1. The molecule has 274 valence electrons. The molecule has 3 amide bonds. The third-order valence-corrected chi connectivity index (χ3v) is 9.45. The largest absolute Gasteiger partial charge is 0.451 e. The summed E-state index contributed by atoms with van der Waals surface area (Å²) in [6, 6.07) is 11.0. The maximum Gasteiger partial charge on any atom is 0.434 e. The highest BCUT2D eigenvalue weighted by atomic mass is 32.2. The number of carbonyl (C=O) groups excluding carboxylic acids is 4. The molecule has 1 fully saturated rings. The number of rotatable bonds is 9. The third kappa shape index (κ3) is 10.9. The van der Waals surface area contributed by atoms with Crippen molar-refractivity contribution in [3.63, 3.8) is 0 Å². The minimum absolute atomic E-state index is 0.0121. The average Bonchev–Trinajstić information content (AvgIpc) is 3.82. The summed E-state index contributed by atoms with van der Waals surface area (Å²) in [7, 11) is 4.76. The first-order valence-corrected chi connectivity index (χ1v) is 17.4. The summed E-state index contributed by atoms with van der Waals surface area (Å²) >= 11 is 1.59. The van der Waals surface area contributed by atoms with E-state index in [2.05, 4.69) is 27.3 Å². The summed E-state index contributed by atoms with van der Waals surface area (Å²) in [6.07, 6.45) is 3.59. The number of likely N-dealkylation sites (tertiary alicyclic amines) is 1. The number of carbonyl (C=O) groups is 4. The van der Waals surface area contributed by atoms with Crippen LogP contribution in [0.15, 0.2) is 58.4 Å². The van der Waals surface area contributed by atoms with E-state index in [1.54, 1.807) is 44.1 Å². The van der Waals surface area contributed by atoms with Crippen molar-refractivity contribution < 1.29 is 37.4 Å². The van der Waals surface area contributed by atoms with Gasteiger partial charge < -0.3 is 30.7 Å². The summed E-state index contributed by atoms with van der Waals surface area (Å²) in [5.41, 5.74) is 7.06. The normalized spacial score (nSPS) is 20.2. The molecule has 0 radical (unpaired) electrons. The summed E-state index contributed by atoms with van der Waals surface area (Å²) in [5.74, 6) is -1.41. The first-order valence-electron chi connectivity index (χ1n) is 16.4.